The predicted molar refractivity (Wildman–Crippen MR) is 46.7 cm³/mol. The summed E-state index contributed by atoms with van der Waals surface area (Å²) in [6.45, 7) is 1.02. The number of halogens is 3. The largest absolute Gasteiger partial charge is 0.465 e. The van der Waals surface area contributed by atoms with E-state index >= 15 is 0 Å². The average molecular weight is 226 g/mol. The Morgan fingerprint density at radius 3 is 2.47 bits per heavy atom. The van der Waals surface area contributed by atoms with Crippen LogP contribution in [0.25, 0.3) is 0 Å². The standard InChI is InChI=1S/C8H13F3N2O2/c1-6-4-12(7(14)15)2-3-13(6)5-8(9,10)11/h6H,2-5H2,1H3,(H,14,15)/t6-/m1/s1. The molecule has 0 radical (unpaired) electrons. The number of nitrogens with zero attached hydrogens (tertiary/aromatic N) is 2. The number of alkyl halides is 3. The normalized spacial score (nSPS) is 24.3. The molecule has 1 heterocycles. The van der Waals surface area contributed by atoms with Crippen molar-refractivity contribution in [1.29, 1.82) is 0 Å². The van der Waals surface area contributed by atoms with E-state index < -0.39 is 24.9 Å². The van der Waals surface area contributed by atoms with Gasteiger partial charge in [0.25, 0.3) is 0 Å². The highest BCUT2D eigenvalue weighted by atomic mass is 19.4. The lowest BCUT2D eigenvalue weighted by Crippen LogP contribution is -2.55. The van der Waals surface area contributed by atoms with Crippen molar-refractivity contribution in [2.45, 2.75) is 19.1 Å². The van der Waals surface area contributed by atoms with Crippen molar-refractivity contribution in [3.05, 3.63) is 0 Å². The Morgan fingerprint density at radius 1 is 1.47 bits per heavy atom. The summed E-state index contributed by atoms with van der Waals surface area (Å²) >= 11 is 0. The van der Waals surface area contributed by atoms with Crippen LogP contribution in [0.15, 0.2) is 0 Å². The maximum absolute atomic E-state index is 12.1. The van der Waals surface area contributed by atoms with E-state index in [1.54, 1.807) is 6.92 Å². The fraction of sp³-hybridized carbons (Fsp3) is 0.875. The molecule has 1 aliphatic rings. The molecule has 0 spiro atoms. The first-order valence-electron chi connectivity index (χ1n) is 4.58. The predicted octanol–water partition coefficient (Wildman–Crippen LogP) is 1.23. The summed E-state index contributed by atoms with van der Waals surface area (Å²) < 4.78 is 36.3. The molecule has 7 heteroatoms. The molecule has 0 aromatic heterocycles. The molecule has 0 aliphatic carbocycles. The van der Waals surface area contributed by atoms with Crippen molar-refractivity contribution < 1.29 is 23.1 Å². The summed E-state index contributed by atoms with van der Waals surface area (Å²) in [5.41, 5.74) is 0. The van der Waals surface area contributed by atoms with Crippen LogP contribution >= 0.6 is 0 Å². The molecule has 1 fully saturated rings. The zero-order valence-corrected chi connectivity index (χ0v) is 8.29. The lowest BCUT2D eigenvalue weighted by molar-refractivity contribution is -0.154. The molecular weight excluding hydrogens is 213 g/mol. The molecule has 0 bridgehead atoms. The zero-order valence-electron chi connectivity index (χ0n) is 8.29. The van der Waals surface area contributed by atoms with Gasteiger partial charge in [-0.1, -0.05) is 0 Å². The second-order valence-electron chi connectivity index (χ2n) is 3.66. The van der Waals surface area contributed by atoms with Gasteiger partial charge < -0.3 is 10.0 Å². The van der Waals surface area contributed by atoms with E-state index in [4.69, 9.17) is 5.11 Å². The first kappa shape index (κ1) is 12.1. The van der Waals surface area contributed by atoms with Gasteiger partial charge in [-0.3, -0.25) is 4.90 Å². The molecule has 1 N–H and O–H groups in total. The Bertz CT molecular complexity index is 245. The van der Waals surface area contributed by atoms with Gasteiger partial charge in [-0.05, 0) is 6.92 Å². The SMILES string of the molecule is C[C@@H]1CN(C(=O)O)CCN1CC(F)(F)F. The van der Waals surface area contributed by atoms with E-state index in [0.717, 1.165) is 4.90 Å². The smallest absolute Gasteiger partial charge is 0.407 e. The van der Waals surface area contributed by atoms with Gasteiger partial charge >= 0.3 is 12.3 Å². The molecule has 15 heavy (non-hydrogen) atoms. The fourth-order valence-corrected chi connectivity index (χ4v) is 1.63. The van der Waals surface area contributed by atoms with Crippen molar-refractivity contribution in [3.63, 3.8) is 0 Å². The Morgan fingerprint density at radius 2 is 2.07 bits per heavy atom. The summed E-state index contributed by atoms with van der Waals surface area (Å²) in [6, 6.07) is -0.392. The van der Waals surface area contributed by atoms with Crippen LogP contribution in [0.5, 0.6) is 0 Å². The van der Waals surface area contributed by atoms with Gasteiger partial charge in [0.1, 0.15) is 0 Å². The Labute approximate surface area is 85.3 Å². The van der Waals surface area contributed by atoms with Crippen molar-refractivity contribution >= 4 is 6.09 Å². The van der Waals surface area contributed by atoms with Gasteiger partial charge in [0.05, 0.1) is 6.54 Å². The molecule has 0 aromatic carbocycles. The van der Waals surface area contributed by atoms with Crippen LogP contribution in [0, 0.1) is 0 Å². The van der Waals surface area contributed by atoms with Crippen LogP contribution in [-0.4, -0.2) is 59.4 Å². The summed E-state index contributed by atoms with van der Waals surface area (Å²) in [4.78, 5) is 13.0. The Balaban J connectivity index is 2.49. The maximum atomic E-state index is 12.1. The molecular formula is C8H13F3N2O2. The van der Waals surface area contributed by atoms with E-state index in [9.17, 15) is 18.0 Å². The molecule has 88 valence electrons. The van der Waals surface area contributed by atoms with Gasteiger partial charge in [0.2, 0.25) is 0 Å². The summed E-state index contributed by atoms with van der Waals surface area (Å²) in [7, 11) is 0. The highest BCUT2D eigenvalue weighted by Gasteiger charge is 2.35. The second-order valence-corrected chi connectivity index (χ2v) is 3.66. The summed E-state index contributed by atoms with van der Waals surface area (Å²) in [5, 5.41) is 8.66. The number of carboxylic acid groups (broad SMARTS) is 1. The van der Waals surface area contributed by atoms with Crippen molar-refractivity contribution in [2.24, 2.45) is 0 Å². The third kappa shape index (κ3) is 3.58. The Kier molecular flexibility index (Phi) is 3.43. The topological polar surface area (TPSA) is 43.8 Å². The number of amides is 1. The van der Waals surface area contributed by atoms with E-state index in [2.05, 4.69) is 0 Å². The summed E-state index contributed by atoms with van der Waals surface area (Å²) in [5.74, 6) is 0. The fourth-order valence-electron chi connectivity index (χ4n) is 1.63. The Hall–Kier alpha value is -0.980. The molecule has 0 aromatic rings. The molecule has 1 saturated heterocycles. The van der Waals surface area contributed by atoms with Gasteiger partial charge in [-0.25, -0.2) is 4.79 Å². The number of rotatable bonds is 1. The maximum Gasteiger partial charge on any atom is 0.407 e. The van der Waals surface area contributed by atoms with E-state index in [1.165, 1.54) is 4.90 Å². The van der Waals surface area contributed by atoms with Crippen LogP contribution < -0.4 is 0 Å². The minimum atomic E-state index is -4.22. The van der Waals surface area contributed by atoms with Gasteiger partial charge in [-0.2, -0.15) is 13.2 Å². The van der Waals surface area contributed by atoms with Crippen LogP contribution in [0.1, 0.15) is 6.92 Å². The van der Waals surface area contributed by atoms with Gasteiger partial charge in [-0.15, -0.1) is 0 Å². The molecule has 0 saturated carbocycles. The highest BCUT2D eigenvalue weighted by molar-refractivity contribution is 5.65. The van der Waals surface area contributed by atoms with Crippen LogP contribution in [0.3, 0.4) is 0 Å². The summed E-state index contributed by atoms with van der Waals surface area (Å²) in [6.07, 6.45) is -5.30. The third-order valence-corrected chi connectivity index (χ3v) is 2.42. The zero-order chi connectivity index (χ0) is 11.6. The van der Waals surface area contributed by atoms with Gasteiger partial charge in [0, 0.05) is 25.7 Å². The quantitative estimate of drug-likeness (QED) is 0.731. The van der Waals surface area contributed by atoms with Crippen molar-refractivity contribution in [2.75, 3.05) is 26.2 Å². The number of piperazine rings is 1. The molecule has 1 rings (SSSR count). The van der Waals surface area contributed by atoms with Crippen LogP contribution in [0.4, 0.5) is 18.0 Å². The third-order valence-electron chi connectivity index (χ3n) is 2.42. The molecule has 0 unspecified atom stereocenters. The van der Waals surface area contributed by atoms with E-state index in [-0.39, 0.29) is 19.6 Å². The van der Waals surface area contributed by atoms with E-state index in [0.29, 0.717) is 0 Å². The van der Waals surface area contributed by atoms with Crippen molar-refractivity contribution in [1.82, 2.24) is 9.80 Å². The van der Waals surface area contributed by atoms with E-state index in [1.807, 2.05) is 0 Å². The van der Waals surface area contributed by atoms with Gasteiger partial charge in [0.15, 0.2) is 0 Å². The molecule has 1 aliphatic heterocycles. The average Bonchev–Trinajstić information content (AvgIpc) is 2.05. The second kappa shape index (κ2) is 4.26. The lowest BCUT2D eigenvalue weighted by atomic mass is 10.2. The molecule has 4 nitrogen and oxygen atoms in total. The van der Waals surface area contributed by atoms with Crippen LogP contribution in [-0.2, 0) is 0 Å². The first-order valence-corrected chi connectivity index (χ1v) is 4.58. The molecule has 1 atom stereocenters. The lowest BCUT2D eigenvalue weighted by Gasteiger charge is -2.38. The van der Waals surface area contributed by atoms with Crippen molar-refractivity contribution in [3.8, 4) is 0 Å². The number of carbonyl (C=O) groups is 1. The number of hydrogen-bond donors (Lipinski definition) is 1. The minimum absolute atomic E-state index is 0.130. The number of hydrogen-bond acceptors (Lipinski definition) is 2. The highest BCUT2D eigenvalue weighted by Crippen LogP contribution is 2.20. The first-order chi connectivity index (χ1) is 6.79. The minimum Gasteiger partial charge on any atom is -0.465 e. The van der Waals surface area contributed by atoms with Crippen LogP contribution in [0.2, 0.25) is 0 Å². The monoisotopic (exact) mass is 226 g/mol. The molecule has 1 amide bonds.